The SMILES string of the molecule is CNc1cc(NCc2cnc(C)cn2)nc(C(F)(F)F)n1. The number of halogens is 3. The summed E-state index contributed by atoms with van der Waals surface area (Å²) < 4.78 is 38.1. The molecule has 0 aliphatic rings. The summed E-state index contributed by atoms with van der Waals surface area (Å²) in [6.07, 6.45) is -1.47. The summed E-state index contributed by atoms with van der Waals surface area (Å²) in [5, 5.41) is 5.34. The number of rotatable bonds is 4. The molecule has 2 heterocycles. The molecule has 0 bridgehead atoms. The van der Waals surface area contributed by atoms with Crippen LogP contribution in [0.2, 0.25) is 0 Å². The predicted molar refractivity (Wildman–Crippen MR) is 70.7 cm³/mol. The van der Waals surface area contributed by atoms with Gasteiger partial charge >= 0.3 is 6.18 Å². The molecule has 0 aliphatic heterocycles. The first kappa shape index (κ1) is 14.9. The number of anilines is 2. The molecule has 0 aromatic carbocycles. The summed E-state index contributed by atoms with van der Waals surface area (Å²) >= 11 is 0. The molecule has 2 aromatic heterocycles. The molecule has 0 saturated carbocycles. The quantitative estimate of drug-likeness (QED) is 0.901. The van der Waals surface area contributed by atoms with Crippen molar-refractivity contribution in [2.75, 3.05) is 17.7 Å². The fourth-order valence-electron chi connectivity index (χ4n) is 1.48. The van der Waals surface area contributed by atoms with Crippen molar-refractivity contribution >= 4 is 11.6 Å². The third-order valence-corrected chi connectivity index (χ3v) is 2.52. The highest BCUT2D eigenvalue weighted by Gasteiger charge is 2.35. The van der Waals surface area contributed by atoms with Gasteiger partial charge < -0.3 is 10.6 Å². The van der Waals surface area contributed by atoms with E-state index in [2.05, 4.69) is 30.6 Å². The Morgan fingerprint density at radius 3 is 2.38 bits per heavy atom. The van der Waals surface area contributed by atoms with E-state index in [1.54, 1.807) is 19.3 Å². The first-order valence-corrected chi connectivity index (χ1v) is 6.04. The van der Waals surface area contributed by atoms with E-state index in [-0.39, 0.29) is 18.2 Å². The fraction of sp³-hybridized carbons (Fsp3) is 0.333. The molecule has 0 fully saturated rings. The van der Waals surface area contributed by atoms with Crippen molar-refractivity contribution < 1.29 is 13.2 Å². The Balaban J connectivity index is 2.17. The average Bonchev–Trinajstić information content (AvgIpc) is 2.45. The first-order chi connectivity index (χ1) is 9.88. The Morgan fingerprint density at radius 1 is 1.10 bits per heavy atom. The molecule has 2 rings (SSSR count). The van der Waals surface area contributed by atoms with Crippen LogP contribution in [-0.2, 0) is 12.7 Å². The van der Waals surface area contributed by atoms with Crippen LogP contribution in [0.3, 0.4) is 0 Å². The monoisotopic (exact) mass is 298 g/mol. The lowest BCUT2D eigenvalue weighted by molar-refractivity contribution is -0.144. The van der Waals surface area contributed by atoms with Crippen molar-refractivity contribution in [3.05, 3.63) is 35.7 Å². The van der Waals surface area contributed by atoms with Crippen LogP contribution in [0, 0.1) is 6.92 Å². The molecule has 0 unspecified atom stereocenters. The number of aromatic nitrogens is 4. The van der Waals surface area contributed by atoms with Gasteiger partial charge in [-0.15, -0.1) is 0 Å². The summed E-state index contributed by atoms with van der Waals surface area (Å²) in [7, 11) is 1.48. The summed E-state index contributed by atoms with van der Waals surface area (Å²) in [6, 6.07) is 1.39. The Hall–Kier alpha value is -2.45. The molecule has 0 amide bonds. The number of hydrogen-bond donors (Lipinski definition) is 2. The lowest BCUT2D eigenvalue weighted by atomic mass is 10.4. The molecule has 2 aromatic rings. The molecule has 112 valence electrons. The molecule has 9 heteroatoms. The largest absolute Gasteiger partial charge is 0.451 e. The number of alkyl halides is 3. The second-order valence-corrected chi connectivity index (χ2v) is 4.21. The highest BCUT2D eigenvalue weighted by atomic mass is 19.4. The van der Waals surface area contributed by atoms with Gasteiger partial charge in [0.15, 0.2) is 0 Å². The van der Waals surface area contributed by atoms with Gasteiger partial charge in [-0.1, -0.05) is 0 Å². The Bertz CT molecular complexity index is 611. The average molecular weight is 298 g/mol. The molecule has 2 N–H and O–H groups in total. The molecule has 6 nitrogen and oxygen atoms in total. The molecule has 0 saturated heterocycles. The Morgan fingerprint density at radius 2 is 1.81 bits per heavy atom. The molecule has 0 radical (unpaired) electrons. The van der Waals surface area contributed by atoms with E-state index in [4.69, 9.17) is 0 Å². The summed E-state index contributed by atoms with van der Waals surface area (Å²) in [4.78, 5) is 15.0. The van der Waals surface area contributed by atoms with E-state index in [9.17, 15) is 13.2 Å². The van der Waals surface area contributed by atoms with Crippen LogP contribution < -0.4 is 10.6 Å². The number of nitrogens with one attached hydrogen (secondary N) is 2. The van der Waals surface area contributed by atoms with Crippen molar-refractivity contribution in [2.24, 2.45) is 0 Å². The van der Waals surface area contributed by atoms with Crippen LogP contribution in [0.25, 0.3) is 0 Å². The van der Waals surface area contributed by atoms with Crippen molar-refractivity contribution in [3.63, 3.8) is 0 Å². The molecular formula is C12H13F3N6. The minimum atomic E-state index is -4.60. The standard InChI is InChI=1S/C12H13F3N6/c1-7-4-18-8(5-17-7)6-19-10-3-9(16-2)20-11(21-10)12(13,14)15/h3-5H,6H2,1-2H3,(H2,16,19,20,21). The number of nitrogens with zero attached hydrogens (tertiary/aromatic N) is 4. The number of hydrogen-bond acceptors (Lipinski definition) is 6. The van der Waals surface area contributed by atoms with E-state index in [0.717, 1.165) is 5.69 Å². The third-order valence-electron chi connectivity index (χ3n) is 2.52. The van der Waals surface area contributed by atoms with Gasteiger partial charge in [-0.25, -0.2) is 9.97 Å². The van der Waals surface area contributed by atoms with Crippen LogP contribution in [-0.4, -0.2) is 27.0 Å². The molecule has 0 aliphatic carbocycles. The maximum absolute atomic E-state index is 12.7. The highest BCUT2D eigenvalue weighted by molar-refractivity contribution is 5.47. The van der Waals surface area contributed by atoms with Gasteiger partial charge in [-0.2, -0.15) is 13.2 Å². The van der Waals surface area contributed by atoms with Gasteiger partial charge in [0.25, 0.3) is 0 Å². The molecule has 21 heavy (non-hydrogen) atoms. The zero-order chi connectivity index (χ0) is 15.5. The van der Waals surface area contributed by atoms with Crippen molar-refractivity contribution in [1.29, 1.82) is 0 Å². The van der Waals surface area contributed by atoms with Gasteiger partial charge in [0, 0.05) is 19.3 Å². The van der Waals surface area contributed by atoms with Gasteiger partial charge in [-0.3, -0.25) is 9.97 Å². The third kappa shape index (κ3) is 4.01. The second kappa shape index (κ2) is 5.90. The van der Waals surface area contributed by atoms with E-state index in [0.29, 0.717) is 5.69 Å². The molecule has 0 atom stereocenters. The first-order valence-electron chi connectivity index (χ1n) is 6.04. The van der Waals surface area contributed by atoms with Crippen LogP contribution in [0.1, 0.15) is 17.2 Å². The van der Waals surface area contributed by atoms with Crippen LogP contribution in [0.15, 0.2) is 18.5 Å². The van der Waals surface area contributed by atoms with Gasteiger partial charge in [0.1, 0.15) is 11.6 Å². The van der Waals surface area contributed by atoms with E-state index < -0.39 is 12.0 Å². The smallest absolute Gasteiger partial charge is 0.373 e. The molecular weight excluding hydrogens is 285 g/mol. The maximum atomic E-state index is 12.7. The van der Waals surface area contributed by atoms with E-state index >= 15 is 0 Å². The van der Waals surface area contributed by atoms with Gasteiger partial charge in [0.2, 0.25) is 5.82 Å². The van der Waals surface area contributed by atoms with Crippen molar-refractivity contribution in [3.8, 4) is 0 Å². The summed E-state index contributed by atoms with van der Waals surface area (Å²) in [5.74, 6) is -1.06. The predicted octanol–water partition coefficient (Wildman–Crippen LogP) is 2.25. The Kier molecular flexibility index (Phi) is 4.20. The minimum Gasteiger partial charge on any atom is -0.373 e. The van der Waals surface area contributed by atoms with Gasteiger partial charge in [-0.05, 0) is 6.92 Å². The minimum absolute atomic E-state index is 0.0593. The van der Waals surface area contributed by atoms with Crippen LogP contribution >= 0.6 is 0 Å². The topological polar surface area (TPSA) is 75.6 Å². The van der Waals surface area contributed by atoms with Crippen molar-refractivity contribution in [2.45, 2.75) is 19.6 Å². The van der Waals surface area contributed by atoms with E-state index in [1.807, 2.05) is 0 Å². The normalized spacial score (nSPS) is 11.3. The highest BCUT2D eigenvalue weighted by Crippen LogP contribution is 2.28. The Labute approximate surface area is 118 Å². The fourth-order valence-corrected chi connectivity index (χ4v) is 1.48. The second-order valence-electron chi connectivity index (χ2n) is 4.21. The molecule has 0 spiro atoms. The summed E-state index contributed by atoms with van der Waals surface area (Å²) in [6.45, 7) is 2.01. The lowest BCUT2D eigenvalue weighted by Crippen LogP contribution is -2.14. The van der Waals surface area contributed by atoms with Gasteiger partial charge in [0.05, 0.1) is 24.1 Å². The van der Waals surface area contributed by atoms with Crippen molar-refractivity contribution in [1.82, 2.24) is 19.9 Å². The zero-order valence-corrected chi connectivity index (χ0v) is 11.4. The zero-order valence-electron chi connectivity index (χ0n) is 11.4. The number of aryl methyl sites for hydroxylation is 1. The van der Waals surface area contributed by atoms with Crippen LogP contribution in [0.4, 0.5) is 24.8 Å². The van der Waals surface area contributed by atoms with Crippen LogP contribution in [0.5, 0.6) is 0 Å². The summed E-state index contributed by atoms with van der Waals surface area (Å²) in [5.41, 5.74) is 1.36. The lowest BCUT2D eigenvalue weighted by Gasteiger charge is -2.11. The maximum Gasteiger partial charge on any atom is 0.451 e. The van der Waals surface area contributed by atoms with E-state index in [1.165, 1.54) is 13.1 Å².